The maximum absolute atomic E-state index is 6.26. The molecule has 0 saturated heterocycles. The van der Waals surface area contributed by atoms with Crippen LogP contribution in [0.25, 0.3) is 0 Å². The van der Waals surface area contributed by atoms with Gasteiger partial charge in [0.1, 0.15) is 11.5 Å². The number of rotatable bonds is 4. The molecule has 3 saturated carbocycles. The van der Waals surface area contributed by atoms with Crippen molar-refractivity contribution in [3.63, 3.8) is 0 Å². The third-order valence-corrected chi connectivity index (χ3v) is 5.73. The lowest BCUT2D eigenvalue weighted by Crippen LogP contribution is -2.44. The van der Waals surface area contributed by atoms with Crippen molar-refractivity contribution in [3.05, 3.63) is 35.4 Å². The first-order valence-corrected chi connectivity index (χ1v) is 8.37. The Kier molecular flexibility index (Phi) is 3.36. The van der Waals surface area contributed by atoms with E-state index in [1.165, 1.54) is 6.42 Å². The highest BCUT2D eigenvalue weighted by Crippen LogP contribution is 2.56. The summed E-state index contributed by atoms with van der Waals surface area (Å²) in [6, 6.07) is 4.26. The predicted molar refractivity (Wildman–Crippen MR) is 86.6 cm³/mol. The molecule has 4 atom stereocenters. The van der Waals surface area contributed by atoms with Crippen LogP contribution in [0.3, 0.4) is 0 Å². The third kappa shape index (κ3) is 2.41. The molecule has 3 fully saturated rings. The Morgan fingerprint density at radius 1 is 1.13 bits per heavy atom. The molecule has 5 rings (SSSR count). The zero-order chi connectivity index (χ0) is 14.9. The van der Waals surface area contributed by atoms with Crippen molar-refractivity contribution in [2.24, 2.45) is 11.7 Å². The van der Waals surface area contributed by atoms with Crippen LogP contribution in [0.2, 0.25) is 0 Å². The lowest BCUT2D eigenvalue weighted by Gasteiger charge is -2.34. The normalized spacial score (nSPS) is 33.7. The number of aromatic nitrogens is 2. The van der Waals surface area contributed by atoms with Crippen molar-refractivity contribution in [3.8, 4) is 0 Å². The highest BCUT2D eigenvalue weighted by atomic mass is 35.5. The van der Waals surface area contributed by atoms with Gasteiger partial charge in [0, 0.05) is 17.8 Å². The summed E-state index contributed by atoms with van der Waals surface area (Å²) in [5, 5.41) is 4.11. The lowest BCUT2D eigenvalue weighted by atomic mass is 9.77. The molecule has 5 nitrogen and oxygen atoms in total. The standard InChI is InChI=1S/C17H21N3O2.ClH/c1-9-7-10(9)13-3-4-14(21-13)11-8-12(11)15-19-16(20-22-15)17(18)5-2-6-17;/h3-4,9-12H,2,5-8,18H2,1H3;1H. The molecule has 3 aliphatic rings. The van der Waals surface area contributed by atoms with E-state index in [0.29, 0.717) is 23.6 Å². The van der Waals surface area contributed by atoms with Crippen LogP contribution in [0.1, 0.15) is 80.0 Å². The van der Waals surface area contributed by atoms with Gasteiger partial charge in [0.05, 0.1) is 5.54 Å². The van der Waals surface area contributed by atoms with Gasteiger partial charge in [-0.2, -0.15) is 4.98 Å². The maximum Gasteiger partial charge on any atom is 0.230 e. The molecule has 2 N–H and O–H groups in total. The van der Waals surface area contributed by atoms with Gasteiger partial charge in [-0.15, -0.1) is 12.4 Å². The summed E-state index contributed by atoms with van der Waals surface area (Å²) in [6.07, 6.45) is 5.36. The van der Waals surface area contributed by atoms with E-state index in [2.05, 4.69) is 29.2 Å². The Morgan fingerprint density at radius 2 is 1.83 bits per heavy atom. The Labute approximate surface area is 141 Å². The van der Waals surface area contributed by atoms with Gasteiger partial charge in [-0.3, -0.25) is 0 Å². The number of nitrogens with zero attached hydrogens (tertiary/aromatic N) is 2. The van der Waals surface area contributed by atoms with E-state index < -0.39 is 0 Å². The number of hydrogen-bond donors (Lipinski definition) is 1. The second-order valence-corrected chi connectivity index (χ2v) is 7.47. The van der Waals surface area contributed by atoms with Crippen LogP contribution < -0.4 is 5.73 Å². The molecule has 0 amide bonds. The molecule has 0 aromatic carbocycles. The van der Waals surface area contributed by atoms with E-state index in [1.807, 2.05) is 0 Å². The molecule has 23 heavy (non-hydrogen) atoms. The largest absolute Gasteiger partial charge is 0.465 e. The number of furan rings is 1. The van der Waals surface area contributed by atoms with E-state index in [-0.39, 0.29) is 17.9 Å². The quantitative estimate of drug-likeness (QED) is 0.919. The molecule has 0 bridgehead atoms. The number of halogens is 1. The van der Waals surface area contributed by atoms with E-state index in [1.54, 1.807) is 0 Å². The van der Waals surface area contributed by atoms with E-state index in [4.69, 9.17) is 14.7 Å². The van der Waals surface area contributed by atoms with Crippen molar-refractivity contribution >= 4 is 12.4 Å². The van der Waals surface area contributed by atoms with Crippen molar-refractivity contribution in [2.75, 3.05) is 0 Å². The van der Waals surface area contributed by atoms with Crippen LogP contribution in [0, 0.1) is 5.92 Å². The summed E-state index contributed by atoms with van der Waals surface area (Å²) < 4.78 is 11.5. The summed E-state index contributed by atoms with van der Waals surface area (Å²) in [6.45, 7) is 2.27. The fourth-order valence-corrected chi connectivity index (χ4v) is 3.64. The summed E-state index contributed by atoms with van der Waals surface area (Å²) >= 11 is 0. The van der Waals surface area contributed by atoms with Gasteiger partial charge in [0.25, 0.3) is 0 Å². The van der Waals surface area contributed by atoms with Crippen molar-refractivity contribution in [2.45, 2.75) is 62.3 Å². The first kappa shape index (κ1) is 15.2. The smallest absolute Gasteiger partial charge is 0.230 e. The topological polar surface area (TPSA) is 78.1 Å². The molecule has 3 aliphatic carbocycles. The van der Waals surface area contributed by atoms with Crippen molar-refractivity contribution in [1.29, 1.82) is 0 Å². The maximum atomic E-state index is 6.26. The van der Waals surface area contributed by atoms with Crippen LogP contribution in [-0.4, -0.2) is 10.1 Å². The summed E-state index contributed by atoms with van der Waals surface area (Å²) in [5.41, 5.74) is 5.92. The zero-order valence-electron chi connectivity index (χ0n) is 13.2. The minimum Gasteiger partial charge on any atom is -0.465 e. The van der Waals surface area contributed by atoms with Gasteiger partial charge in [-0.25, -0.2) is 0 Å². The lowest BCUT2D eigenvalue weighted by molar-refractivity contribution is 0.229. The first-order chi connectivity index (χ1) is 10.6. The fourth-order valence-electron chi connectivity index (χ4n) is 3.64. The molecular weight excluding hydrogens is 314 g/mol. The average Bonchev–Trinajstić information content (AvgIpc) is 3.29. The Balaban J connectivity index is 0.00000135. The molecule has 0 radical (unpaired) electrons. The Bertz CT molecular complexity index is 721. The van der Waals surface area contributed by atoms with Crippen LogP contribution >= 0.6 is 12.4 Å². The van der Waals surface area contributed by atoms with E-state index in [9.17, 15) is 0 Å². The predicted octanol–water partition coefficient (Wildman–Crippen LogP) is 3.82. The van der Waals surface area contributed by atoms with Crippen molar-refractivity contribution in [1.82, 2.24) is 10.1 Å². The number of hydrogen-bond acceptors (Lipinski definition) is 5. The number of nitrogens with two attached hydrogens (primary N) is 1. The van der Waals surface area contributed by atoms with Gasteiger partial charge < -0.3 is 14.7 Å². The van der Waals surface area contributed by atoms with Crippen molar-refractivity contribution < 1.29 is 8.94 Å². The highest BCUT2D eigenvalue weighted by molar-refractivity contribution is 5.85. The second kappa shape index (κ2) is 5.08. The summed E-state index contributed by atoms with van der Waals surface area (Å²) in [5.74, 6) is 5.75. The van der Waals surface area contributed by atoms with E-state index >= 15 is 0 Å². The van der Waals surface area contributed by atoms with Gasteiger partial charge in [-0.1, -0.05) is 12.1 Å². The third-order valence-electron chi connectivity index (χ3n) is 5.73. The molecule has 0 spiro atoms. The molecular formula is C17H22ClN3O2. The van der Waals surface area contributed by atoms with Gasteiger partial charge in [0.15, 0.2) is 5.82 Å². The molecule has 4 unspecified atom stereocenters. The Morgan fingerprint density at radius 3 is 2.43 bits per heavy atom. The molecule has 2 aromatic heterocycles. The van der Waals surface area contributed by atoms with Gasteiger partial charge >= 0.3 is 0 Å². The van der Waals surface area contributed by atoms with Crippen LogP contribution in [-0.2, 0) is 5.54 Å². The van der Waals surface area contributed by atoms with Crippen LogP contribution in [0.4, 0.5) is 0 Å². The highest BCUT2D eigenvalue weighted by Gasteiger charge is 2.48. The zero-order valence-corrected chi connectivity index (χ0v) is 14.0. The first-order valence-electron chi connectivity index (χ1n) is 8.37. The minimum absolute atomic E-state index is 0. The fraction of sp³-hybridized carbons (Fsp3) is 0.647. The second-order valence-electron chi connectivity index (χ2n) is 7.47. The molecule has 2 heterocycles. The van der Waals surface area contributed by atoms with Crippen LogP contribution in [0.5, 0.6) is 0 Å². The minimum atomic E-state index is -0.341. The van der Waals surface area contributed by atoms with Crippen LogP contribution in [0.15, 0.2) is 21.1 Å². The molecule has 2 aromatic rings. The monoisotopic (exact) mass is 335 g/mol. The summed E-state index contributed by atoms with van der Waals surface area (Å²) in [7, 11) is 0. The molecule has 0 aliphatic heterocycles. The van der Waals surface area contributed by atoms with Gasteiger partial charge in [0.2, 0.25) is 5.89 Å². The summed E-state index contributed by atoms with van der Waals surface area (Å²) in [4.78, 5) is 4.56. The molecule has 6 heteroatoms. The van der Waals surface area contributed by atoms with E-state index in [0.717, 1.165) is 49.0 Å². The SMILES string of the molecule is CC1CC1c1ccc(C2CC2c2nc(C3(N)CCC3)no2)o1.Cl. The average molecular weight is 336 g/mol. The molecule has 124 valence electrons. The van der Waals surface area contributed by atoms with Gasteiger partial charge in [-0.05, 0) is 50.2 Å². The Hall–Kier alpha value is -1.33.